The van der Waals surface area contributed by atoms with Gasteiger partial charge in [-0.3, -0.25) is 14.9 Å². The molecule has 0 unspecified atom stereocenters. The molecule has 4 rings (SSSR count). The molecule has 0 atom stereocenters. The lowest BCUT2D eigenvalue weighted by atomic mass is 9.84. The summed E-state index contributed by atoms with van der Waals surface area (Å²) in [6.45, 7) is 0. The Labute approximate surface area is 161 Å². The number of aromatic nitrogens is 2. The van der Waals surface area contributed by atoms with Gasteiger partial charge >= 0.3 is 0 Å². The molecule has 2 N–H and O–H groups in total. The van der Waals surface area contributed by atoms with E-state index < -0.39 is 0 Å². The van der Waals surface area contributed by atoms with Crippen LogP contribution in [-0.2, 0) is 0 Å². The van der Waals surface area contributed by atoms with Crippen molar-refractivity contribution in [3.05, 3.63) is 69.5 Å². The van der Waals surface area contributed by atoms with Crippen LogP contribution in [0.2, 0.25) is 0 Å². The molecule has 2 heterocycles. The lowest BCUT2D eigenvalue weighted by Crippen LogP contribution is -2.14. The molecular weight excluding hydrogens is 358 g/mol. The zero-order valence-electron chi connectivity index (χ0n) is 14.9. The number of aromatic amines is 1. The van der Waals surface area contributed by atoms with Gasteiger partial charge in [0.15, 0.2) is 5.13 Å². The summed E-state index contributed by atoms with van der Waals surface area (Å²) < 4.78 is 0. The smallest absolute Gasteiger partial charge is 0.258 e. The summed E-state index contributed by atoms with van der Waals surface area (Å²) in [6.07, 6.45) is 8.00. The fourth-order valence-corrected chi connectivity index (χ4v) is 4.26. The Hall–Kier alpha value is -2.73. The third-order valence-corrected chi connectivity index (χ3v) is 5.81. The molecule has 1 aromatic carbocycles. The van der Waals surface area contributed by atoms with Gasteiger partial charge < -0.3 is 4.98 Å². The van der Waals surface area contributed by atoms with Gasteiger partial charge in [-0.25, -0.2) is 4.98 Å². The van der Waals surface area contributed by atoms with Gasteiger partial charge in [0, 0.05) is 23.2 Å². The SMILES string of the molecule is O=C(Nc1nc(-c2ccc(C3CCCCC3)cc2)cs1)c1ccc(=O)[nH]c1. The molecule has 27 heavy (non-hydrogen) atoms. The van der Waals surface area contributed by atoms with Gasteiger partial charge in [0.1, 0.15) is 0 Å². The van der Waals surface area contributed by atoms with Crippen LogP contribution in [0.3, 0.4) is 0 Å². The van der Waals surface area contributed by atoms with Crippen LogP contribution in [-0.4, -0.2) is 15.9 Å². The Kier molecular flexibility index (Phi) is 5.16. The number of H-pyrrole nitrogens is 1. The number of nitrogens with one attached hydrogen (secondary N) is 2. The van der Waals surface area contributed by atoms with Crippen LogP contribution in [0, 0.1) is 0 Å². The zero-order valence-corrected chi connectivity index (χ0v) is 15.7. The van der Waals surface area contributed by atoms with Crippen molar-refractivity contribution in [2.45, 2.75) is 38.0 Å². The van der Waals surface area contributed by atoms with E-state index in [0.29, 0.717) is 16.6 Å². The highest BCUT2D eigenvalue weighted by Gasteiger charge is 2.16. The minimum absolute atomic E-state index is 0.236. The average Bonchev–Trinajstić information content (AvgIpc) is 3.18. The average molecular weight is 379 g/mol. The molecule has 1 aliphatic rings. The molecule has 1 fully saturated rings. The summed E-state index contributed by atoms with van der Waals surface area (Å²) in [5.74, 6) is 0.398. The van der Waals surface area contributed by atoms with E-state index in [-0.39, 0.29) is 11.5 Å². The van der Waals surface area contributed by atoms with Crippen LogP contribution < -0.4 is 10.9 Å². The minimum Gasteiger partial charge on any atom is -0.328 e. The van der Waals surface area contributed by atoms with Gasteiger partial charge in [-0.15, -0.1) is 11.3 Å². The van der Waals surface area contributed by atoms with Gasteiger partial charge in [0.2, 0.25) is 5.56 Å². The second-order valence-electron chi connectivity index (χ2n) is 6.89. The Balaban J connectivity index is 1.44. The number of benzene rings is 1. The largest absolute Gasteiger partial charge is 0.328 e. The number of thiazole rings is 1. The Morgan fingerprint density at radius 1 is 1.07 bits per heavy atom. The van der Waals surface area contributed by atoms with E-state index in [1.807, 2.05) is 5.38 Å². The number of anilines is 1. The number of amides is 1. The van der Waals surface area contributed by atoms with Crippen molar-refractivity contribution in [1.29, 1.82) is 0 Å². The van der Waals surface area contributed by atoms with Gasteiger partial charge in [-0.05, 0) is 30.4 Å². The van der Waals surface area contributed by atoms with Gasteiger partial charge in [-0.1, -0.05) is 43.5 Å². The topological polar surface area (TPSA) is 74.8 Å². The van der Waals surface area contributed by atoms with Crippen molar-refractivity contribution in [2.75, 3.05) is 5.32 Å². The van der Waals surface area contributed by atoms with Gasteiger partial charge in [0.25, 0.3) is 5.91 Å². The molecular formula is C21H21N3O2S. The number of carbonyl (C=O) groups excluding carboxylic acids is 1. The lowest BCUT2D eigenvalue weighted by Gasteiger charge is -2.22. The van der Waals surface area contributed by atoms with E-state index in [2.05, 4.69) is 39.6 Å². The second-order valence-corrected chi connectivity index (χ2v) is 7.75. The Bertz CT molecular complexity index is 965. The summed E-state index contributed by atoms with van der Waals surface area (Å²) in [5, 5.41) is 5.26. The van der Waals surface area contributed by atoms with Crippen molar-refractivity contribution in [2.24, 2.45) is 0 Å². The molecule has 0 radical (unpaired) electrons. The van der Waals surface area contributed by atoms with E-state index in [0.717, 1.165) is 11.3 Å². The second kappa shape index (κ2) is 7.88. The molecule has 1 aliphatic carbocycles. The molecule has 1 amide bonds. The predicted molar refractivity (Wildman–Crippen MR) is 108 cm³/mol. The van der Waals surface area contributed by atoms with Crippen molar-refractivity contribution in [3.8, 4) is 11.3 Å². The van der Waals surface area contributed by atoms with Crippen molar-refractivity contribution >= 4 is 22.4 Å². The minimum atomic E-state index is -0.292. The lowest BCUT2D eigenvalue weighted by molar-refractivity contribution is 0.102. The highest BCUT2D eigenvalue weighted by atomic mass is 32.1. The summed E-state index contributed by atoms with van der Waals surface area (Å²) in [7, 11) is 0. The molecule has 1 saturated carbocycles. The molecule has 0 spiro atoms. The molecule has 2 aromatic heterocycles. The fraction of sp³-hybridized carbons (Fsp3) is 0.286. The zero-order chi connectivity index (χ0) is 18.6. The maximum atomic E-state index is 12.2. The number of carbonyl (C=O) groups is 1. The highest BCUT2D eigenvalue weighted by molar-refractivity contribution is 7.14. The first kappa shape index (κ1) is 17.7. The number of hydrogen-bond donors (Lipinski definition) is 2. The molecule has 138 valence electrons. The molecule has 0 saturated heterocycles. The normalized spacial score (nSPS) is 14.8. The predicted octanol–water partition coefficient (Wildman–Crippen LogP) is 4.80. The summed E-state index contributed by atoms with van der Waals surface area (Å²) in [5.41, 5.74) is 3.48. The third-order valence-electron chi connectivity index (χ3n) is 5.05. The number of pyridine rings is 1. The van der Waals surface area contributed by atoms with E-state index >= 15 is 0 Å². The van der Waals surface area contributed by atoms with Gasteiger partial charge in [-0.2, -0.15) is 0 Å². The van der Waals surface area contributed by atoms with Gasteiger partial charge in [0.05, 0.1) is 11.3 Å². The molecule has 6 heteroatoms. The van der Waals surface area contributed by atoms with E-state index in [9.17, 15) is 9.59 Å². The molecule has 0 bridgehead atoms. The monoisotopic (exact) mass is 379 g/mol. The number of hydrogen-bond acceptors (Lipinski definition) is 4. The summed E-state index contributed by atoms with van der Waals surface area (Å²) >= 11 is 1.39. The van der Waals surface area contributed by atoms with Crippen molar-refractivity contribution in [3.63, 3.8) is 0 Å². The summed E-state index contributed by atoms with van der Waals surface area (Å²) in [6, 6.07) is 11.5. The number of nitrogens with zero attached hydrogens (tertiary/aromatic N) is 1. The first-order chi connectivity index (χ1) is 13.2. The fourth-order valence-electron chi connectivity index (χ4n) is 3.55. The quantitative estimate of drug-likeness (QED) is 0.684. The first-order valence-electron chi connectivity index (χ1n) is 9.25. The van der Waals surface area contributed by atoms with Crippen LogP contribution in [0.15, 0.2) is 52.8 Å². The summed E-state index contributed by atoms with van der Waals surface area (Å²) in [4.78, 5) is 30.3. The first-order valence-corrected chi connectivity index (χ1v) is 10.1. The Morgan fingerprint density at radius 3 is 2.56 bits per heavy atom. The van der Waals surface area contributed by atoms with Crippen molar-refractivity contribution < 1.29 is 4.79 Å². The van der Waals surface area contributed by atoms with E-state index in [4.69, 9.17) is 0 Å². The number of rotatable bonds is 4. The van der Waals surface area contributed by atoms with Crippen LogP contribution in [0.5, 0.6) is 0 Å². The third kappa shape index (κ3) is 4.17. The maximum Gasteiger partial charge on any atom is 0.258 e. The van der Waals surface area contributed by atoms with Crippen molar-refractivity contribution in [1.82, 2.24) is 9.97 Å². The van der Waals surface area contributed by atoms with E-state index in [1.165, 1.54) is 67.3 Å². The van der Waals surface area contributed by atoms with Crippen LogP contribution in [0.1, 0.15) is 53.9 Å². The van der Waals surface area contributed by atoms with E-state index in [1.54, 1.807) is 0 Å². The standard InChI is InChI=1S/C21H21N3O2S/c25-19-11-10-17(12-22-19)20(26)24-21-23-18(13-27-21)16-8-6-15(7-9-16)14-4-2-1-3-5-14/h6-14H,1-5H2,(H,22,25)(H,23,24,26). The molecule has 5 nitrogen and oxygen atoms in total. The highest BCUT2D eigenvalue weighted by Crippen LogP contribution is 2.34. The Morgan fingerprint density at radius 2 is 1.85 bits per heavy atom. The maximum absolute atomic E-state index is 12.2. The van der Waals surface area contributed by atoms with Crippen LogP contribution in [0.25, 0.3) is 11.3 Å². The van der Waals surface area contributed by atoms with Crippen LogP contribution >= 0.6 is 11.3 Å². The molecule has 0 aliphatic heterocycles. The molecule has 3 aromatic rings. The van der Waals surface area contributed by atoms with Crippen LogP contribution in [0.4, 0.5) is 5.13 Å².